The van der Waals surface area contributed by atoms with E-state index < -0.39 is 28.0 Å². The first-order chi connectivity index (χ1) is 9.47. The van der Waals surface area contributed by atoms with E-state index in [-0.39, 0.29) is 12.3 Å². The molecule has 110 valence electrons. The summed E-state index contributed by atoms with van der Waals surface area (Å²) >= 11 is 0. The third-order valence-corrected chi connectivity index (χ3v) is 2.66. The van der Waals surface area contributed by atoms with Crippen LogP contribution in [0.3, 0.4) is 0 Å². The van der Waals surface area contributed by atoms with Crippen molar-refractivity contribution in [3.8, 4) is 0 Å². The van der Waals surface area contributed by atoms with Gasteiger partial charge in [-0.1, -0.05) is 0 Å². The molecule has 1 rings (SSSR count). The van der Waals surface area contributed by atoms with Gasteiger partial charge in [-0.15, -0.1) is 0 Å². The van der Waals surface area contributed by atoms with E-state index in [2.05, 4.69) is 5.32 Å². The maximum absolute atomic E-state index is 13.5. The van der Waals surface area contributed by atoms with Crippen molar-refractivity contribution < 1.29 is 24.3 Å². The number of anilines is 1. The molecule has 0 amide bonds. The summed E-state index contributed by atoms with van der Waals surface area (Å²) in [7, 11) is 0. The molecule has 8 heteroatoms. The highest BCUT2D eigenvalue weighted by Crippen LogP contribution is 2.28. The van der Waals surface area contributed by atoms with Crippen molar-refractivity contribution in [2.24, 2.45) is 0 Å². The molecule has 1 aromatic carbocycles. The van der Waals surface area contributed by atoms with E-state index in [1.807, 2.05) is 0 Å². The number of halogens is 1. The van der Waals surface area contributed by atoms with E-state index in [9.17, 15) is 19.3 Å². The number of nitro benzene ring substituents is 1. The second-order valence-electron chi connectivity index (χ2n) is 4.12. The molecule has 0 aliphatic rings. The molecule has 3 N–H and O–H groups in total. The van der Waals surface area contributed by atoms with Gasteiger partial charge in [0.1, 0.15) is 17.1 Å². The predicted molar refractivity (Wildman–Crippen MR) is 69.4 cm³/mol. The fourth-order valence-corrected chi connectivity index (χ4v) is 1.66. The van der Waals surface area contributed by atoms with Crippen molar-refractivity contribution in [1.29, 1.82) is 0 Å². The van der Waals surface area contributed by atoms with E-state index in [1.165, 1.54) is 0 Å². The zero-order valence-electron chi connectivity index (χ0n) is 10.6. The Kier molecular flexibility index (Phi) is 5.85. The van der Waals surface area contributed by atoms with Gasteiger partial charge in [0.05, 0.1) is 4.92 Å². The van der Waals surface area contributed by atoms with Crippen molar-refractivity contribution in [2.45, 2.75) is 19.3 Å². The number of benzene rings is 1. The Hall–Kier alpha value is -2.22. The average molecular weight is 286 g/mol. The van der Waals surface area contributed by atoms with Crippen molar-refractivity contribution in [1.82, 2.24) is 0 Å². The van der Waals surface area contributed by atoms with E-state index in [0.717, 1.165) is 12.5 Å². The molecule has 0 fully saturated rings. The van der Waals surface area contributed by atoms with Gasteiger partial charge in [0.25, 0.3) is 5.69 Å². The quantitative estimate of drug-likeness (QED) is 0.383. The molecule has 0 aliphatic heterocycles. The lowest BCUT2D eigenvalue weighted by molar-refractivity contribution is -0.384. The van der Waals surface area contributed by atoms with Crippen LogP contribution in [0.2, 0.25) is 0 Å². The van der Waals surface area contributed by atoms with E-state index in [0.29, 0.717) is 25.5 Å². The van der Waals surface area contributed by atoms with Gasteiger partial charge in [-0.25, -0.2) is 9.18 Å². The summed E-state index contributed by atoms with van der Waals surface area (Å²) in [5.41, 5.74) is -1.27. The molecule has 1 aromatic rings. The van der Waals surface area contributed by atoms with Gasteiger partial charge < -0.3 is 15.5 Å². The molecule has 0 aromatic heterocycles. The Balaban J connectivity index is 2.86. The molecule has 0 saturated carbocycles. The molecular weight excluding hydrogens is 271 g/mol. The number of nitro groups is 1. The van der Waals surface area contributed by atoms with Gasteiger partial charge in [0.15, 0.2) is 0 Å². The Morgan fingerprint density at radius 1 is 1.35 bits per heavy atom. The summed E-state index contributed by atoms with van der Waals surface area (Å²) < 4.78 is 13.5. The van der Waals surface area contributed by atoms with Crippen LogP contribution in [0.1, 0.15) is 29.6 Å². The summed E-state index contributed by atoms with van der Waals surface area (Å²) in [5, 5.41) is 30.9. The number of nitrogens with one attached hydrogen (secondary N) is 1. The molecule has 20 heavy (non-hydrogen) atoms. The average Bonchev–Trinajstić information content (AvgIpc) is 2.37. The van der Waals surface area contributed by atoms with Crippen molar-refractivity contribution in [2.75, 3.05) is 18.5 Å². The molecule has 0 bridgehead atoms. The molecule has 0 spiro atoms. The summed E-state index contributed by atoms with van der Waals surface area (Å²) in [5.74, 6) is -2.58. The third kappa shape index (κ3) is 4.16. The number of carboxylic acids is 1. The minimum Gasteiger partial charge on any atom is -0.478 e. The maximum atomic E-state index is 13.5. The summed E-state index contributed by atoms with van der Waals surface area (Å²) in [4.78, 5) is 20.8. The molecule has 0 radical (unpaired) electrons. The van der Waals surface area contributed by atoms with E-state index >= 15 is 0 Å². The lowest BCUT2D eigenvalue weighted by Crippen LogP contribution is -2.08. The molecule has 0 heterocycles. The van der Waals surface area contributed by atoms with Crippen LogP contribution in [0, 0.1) is 15.9 Å². The summed E-state index contributed by atoms with van der Waals surface area (Å²) in [6.45, 7) is 0.439. The lowest BCUT2D eigenvalue weighted by atomic mass is 10.1. The van der Waals surface area contributed by atoms with E-state index in [1.54, 1.807) is 0 Å². The number of carboxylic acid groups (broad SMARTS) is 1. The lowest BCUT2D eigenvalue weighted by Gasteiger charge is -2.08. The first-order valence-electron chi connectivity index (χ1n) is 6.03. The first-order valence-corrected chi connectivity index (χ1v) is 6.03. The van der Waals surface area contributed by atoms with Crippen LogP contribution in [0.15, 0.2) is 12.1 Å². The topological polar surface area (TPSA) is 113 Å². The Morgan fingerprint density at radius 2 is 2.05 bits per heavy atom. The zero-order chi connectivity index (χ0) is 15.1. The van der Waals surface area contributed by atoms with Gasteiger partial charge in [-0.05, 0) is 19.3 Å². The molecular formula is C12H15FN2O5. The van der Waals surface area contributed by atoms with E-state index in [4.69, 9.17) is 10.2 Å². The van der Waals surface area contributed by atoms with Crippen molar-refractivity contribution in [3.63, 3.8) is 0 Å². The predicted octanol–water partition coefficient (Wildman–Crippen LogP) is 2.01. The van der Waals surface area contributed by atoms with Crippen LogP contribution in [-0.2, 0) is 0 Å². The summed E-state index contributed by atoms with van der Waals surface area (Å²) in [6.07, 6.45) is 2.00. The highest BCUT2D eigenvalue weighted by Gasteiger charge is 2.21. The monoisotopic (exact) mass is 286 g/mol. The highest BCUT2D eigenvalue weighted by molar-refractivity contribution is 5.90. The second-order valence-corrected chi connectivity index (χ2v) is 4.12. The first kappa shape index (κ1) is 15.8. The number of nitrogens with zero attached hydrogens (tertiary/aromatic N) is 1. The van der Waals surface area contributed by atoms with Gasteiger partial charge in [0, 0.05) is 25.3 Å². The van der Waals surface area contributed by atoms with Crippen molar-refractivity contribution in [3.05, 3.63) is 33.6 Å². The van der Waals surface area contributed by atoms with Crippen molar-refractivity contribution >= 4 is 17.3 Å². The minimum atomic E-state index is -1.56. The molecule has 7 nitrogen and oxygen atoms in total. The van der Waals surface area contributed by atoms with Crippen LogP contribution < -0.4 is 5.32 Å². The second kappa shape index (κ2) is 7.39. The number of aliphatic hydroxyl groups is 1. The number of carbonyl (C=O) groups is 1. The minimum absolute atomic E-state index is 0.0542. The van der Waals surface area contributed by atoms with Crippen LogP contribution in [0.25, 0.3) is 0 Å². The Morgan fingerprint density at radius 3 is 2.60 bits per heavy atom. The maximum Gasteiger partial charge on any atom is 0.338 e. The largest absolute Gasteiger partial charge is 0.478 e. The molecule has 0 saturated heterocycles. The van der Waals surface area contributed by atoms with Crippen LogP contribution in [-0.4, -0.2) is 34.3 Å². The molecule has 0 aliphatic carbocycles. The Bertz CT molecular complexity index is 507. The number of rotatable bonds is 8. The number of hydrogen-bond donors (Lipinski definition) is 3. The fraction of sp³-hybridized carbons (Fsp3) is 0.417. The van der Waals surface area contributed by atoms with Crippen LogP contribution in [0.5, 0.6) is 0 Å². The molecule has 0 atom stereocenters. The number of unbranched alkanes of at least 4 members (excludes halogenated alkanes) is 2. The number of hydrogen-bond acceptors (Lipinski definition) is 5. The van der Waals surface area contributed by atoms with Gasteiger partial charge >= 0.3 is 5.97 Å². The van der Waals surface area contributed by atoms with Gasteiger partial charge in [-0.3, -0.25) is 10.1 Å². The molecule has 0 unspecified atom stereocenters. The normalized spacial score (nSPS) is 10.3. The number of aromatic carboxylic acids is 1. The van der Waals surface area contributed by atoms with Gasteiger partial charge in [0.2, 0.25) is 0 Å². The van der Waals surface area contributed by atoms with Gasteiger partial charge in [-0.2, -0.15) is 0 Å². The zero-order valence-corrected chi connectivity index (χ0v) is 10.6. The number of aliphatic hydroxyl groups excluding tert-OH is 1. The smallest absolute Gasteiger partial charge is 0.338 e. The Labute approximate surface area is 114 Å². The van der Waals surface area contributed by atoms with Crippen LogP contribution >= 0.6 is 0 Å². The summed E-state index contributed by atoms with van der Waals surface area (Å²) in [6, 6.07) is 1.52. The standard InChI is InChI=1S/C12H15FN2O5/c13-9-7-10(14-4-2-1-3-5-16)11(15(19)20)6-8(9)12(17)18/h6-7,14,16H,1-5H2,(H,17,18). The highest BCUT2D eigenvalue weighted by atomic mass is 19.1. The third-order valence-electron chi connectivity index (χ3n) is 2.66. The fourth-order valence-electron chi connectivity index (χ4n) is 1.66. The van der Waals surface area contributed by atoms with Crippen LogP contribution in [0.4, 0.5) is 15.8 Å². The SMILES string of the molecule is O=C(O)c1cc([N+](=O)[O-])c(NCCCCCO)cc1F.